The highest BCUT2D eigenvalue weighted by Gasteiger charge is 2.13. The third-order valence-corrected chi connectivity index (χ3v) is 4.00. The standard InChI is InChI=1S/C12H22N4S/c1-5-16(6-8(2)12(13)14)7-11-15-9(3)10(4)17-11/h8H,5-7H2,1-4H3,(H3,13,14). The summed E-state index contributed by atoms with van der Waals surface area (Å²) in [6.45, 7) is 10.9. The van der Waals surface area contributed by atoms with Crippen molar-refractivity contribution >= 4 is 17.2 Å². The van der Waals surface area contributed by atoms with Gasteiger partial charge in [-0.1, -0.05) is 13.8 Å². The summed E-state index contributed by atoms with van der Waals surface area (Å²) >= 11 is 1.76. The Kier molecular flexibility index (Phi) is 5.08. The summed E-state index contributed by atoms with van der Waals surface area (Å²) in [6, 6.07) is 0. The van der Waals surface area contributed by atoms with Crippen LogP contribution in [0.2, 0.25) is 0 Å². The lowest BCUT2D eigenvalue weighted by molar-refractivity contribution is 0.262. The van der Waals surface area contributed by atoms with E-state index in [9.17, 15) is 0 Å². The van der Waals surface area contributed by atoms with Crippen LogP contribution in [0.3, 0.4) is 0 Å². The molecule has 1 rings (SSSR count). The zero-order valence-electron chi connectivity index (χ0n) is 11.1. The second kappa shape index (κ2) is 6.12. The van der Waals surface area contributed by atoms with Crippen LogP contribution >= 0.6 is 11.3 Å². The predicted octanol–water partition coefficient (Wildman–Crippen LogP) is 2.15. The molecule has 4 nitrogen and oxygen atoms in total. The summed E-state index contributed by atoms with van der Waals surface area (Å²) in [4.78, 5) is 8.11. The van der Waals surface area contributed by atoms with Crippen LogP contribution in [0.1, 0.15) is 29.4 Å². The third-order valence-electron chi connectivity index (χ3n) is 2.94. The largest absolute Gasteiger partial charge is 0.387 e. The Labute approximate surface area is 107 Å². The van der Waals surface area contributed by atoms with Gasteiger partial charge in [-0.05, 0) is 20.4 Å². The molecule has 0 spiro atoms. The first-order chi connectivity index (χ1) is 7.93. The molecule has 0 aliphatic rings. The molecular weight excluding hydrogens is 232 g/mol. The quantitative estimate of drug-likeness (QED) is 0.604. The van der Waals surface area contributed by atoms with Crippen LogP contribution in [0.25, 0.3) is 0 Å². The van der Waals surface area contributed by atoms with Gasteiger partial charge in [0.2, 0.25) is 0 Å². The Morgan fingerprint density at radius 3 is 2.59 bits per heavy atom. The van der Waals surface area contributed by atoms with Crippen LogP contribution in [-0.4, -0.2) is 28.8 Å². The van der Waals surface area contributed by atoms with Crippen molar-refractivity contribution < 1.29 is 0 Å². The lowest BCUT2D eigenvalue weighted by atomic mass is 10.1. The van der Waals surface area contributed by atoms with Crippen LogP contribution in [0.15, 0.2) is 0 Å². The van der Waals surface area contributed by atoms with Crippen molar-refractivity contribution in [1.29, 1.82) is 5.41 Å². The van der Waals surface area contributed by atoms with Crippen molar-refractivity contribution in [2.24, 2.45) is 11.7 Å². The van der Waals surface area contributed by atoms with Crippen LogP contribution in [-0.2, 0) is 6.54 Å². The molecule has 1 aromatic heterocycles. The van der Waals surface area contributed by atoms with Crippen molar-refractivity contribution in [3.63, 3.8) is 0 Å². The van der Waals surface area contributed by atoms with Gasteiger partial charge in [-0.25, -0.2) is 4.98 Å². The van der Waals surface area contributed by atoms with Gasteiger partial charge in [-0.3, -0.25) is 10.3 Å². The van der Waals surface area contributed by atoms with Crippen molar-refractivity contribution in [2.75, 3.05) is 13.1 Å². The maximum atomic E-state index is 7.42. The van der Waals surface area contributed by atoms with Gasteiger partial charge in [0, 0.05) is 17.3 Å². The minimum absolute atomic E-state index is 0.108. The average Bonchev–Trinajstić information content (AvgIpc) is 2.56. The Morgan fingerprint density at radius 1 is 1.53 bits per heavy atom. The molecule has 0 aliphatic carbocycles. The molecule has 0 aromatic carbocycles. The molecule has 1 heterocycles. The molecule has 3 N–H and O–H groups in total. The highest BCUT2D eigenvalue weighted by atomic mass is 32.1. The van der Waals surface area contributed by atoms with Gasteiger partial charge in [-0.15, -0.1) is 11.3 Å². The first-order valence-electron chi connectivity index (χ1n) is 5.93. The molecule has 96 valence electrons. The first-order valence-corrected chi connectivity index (χ1v) is 6.74. The van der Waals surface area contributed by atoms with Crippen molar-refractivity contribution in [3.05, 3.63) is 15.6 Å². The zero-order chi connectivity index (χ0) is 13.0. The highest BCUT2D eigenvalue weighted by Crippen LogP contribution is 2.18. The first kappa shape index (κ1) is 14.1. The summed E-state index contributed by atoms with van der Waals surface area (Å²) in [5.74, 6) is 0.368. The molecule has 0 bridgehead atoms. The fourth-order valence-corrected chi connectivity index (χ4v) is 2.57. The summed E-state index contributed by atoms with van der Waals surface area (Å²) in [6.07, 6.45) is 0. The summed E-state index contributed by atoms with van der Waals surface area (Å²) in [5, 5.41) is 8.58. The molecule has 0 saturated heterocycles. The van der Waals surface area contributed by atoms with E-state index in [1.165, 1.54) is 4.88 Å². The molecule has 0 amide bonds. The fourth-order valence-electron chi connectivity index (χ4n) is 1.59. The third kappa shape index (κ3) is 4.09. The summed E-state index contributed by atoms with van der Waals surface area (Å²) < 4.78 is 0. The summed E-state index contributed by atoms with van der Waals surface area (Å²) in [5.41, 5.74) is 6.63. The van der Waals surface area contributed by atoms with E-state index in [4.69, 9.17) is 11.1 Å². The van der Waals surface area contributed by atoms with Gasteiger partial charge in [0.25, 0.3) is 0 Å². The molecule has 0 aliphatic heterocycles. The second-order valence-electron chi connectivity index (χ2n) is 4.43. The van der Waals surface area contributed by atoms with E-state index in [1.54, 1.807) is 11.3 Å². The van der Waals surface area contributed by atoms with E-state index < -0.39 is 0 Å². The normalized spacial score (nSPS) is 13.0. The molecule has 0 radical (unpaired) electrons. The van der Waals surface area contributed by atoms with Crippen LogP contribution < -0.4 is 5.73 Å². The lowest BCUT2D eigenvalue weighted by Crippen LogP contribution is -2.34. The molecule has 0 fully saturated rings. The van der Waals surface area contributed by atoms with Gasteiger partial charge in [0.05, 0.1) is 18.1 Å². The number of aryl methyl sites for hydroxylation is 2. The zero-order valence-corrected chi connectivity index (χ0v) is 11.9. The number of amidine groups is 1. The predicted molar refractivity (Wildman–Crippen MR) is 73.6 cm³/mol. The van der Waals surface area contributed by atoms with Crippen LogP contribution in [0, 0.1) is 25.2 Å². The minimum Gasteiger partial charge on any atom is -0.387 e. The van der Waals surface area contributed by atoms with Gasteiger partial charge >= 0.3 is 0 Å². The van der Waals surface area contributed by atoms with E-state index >= 15 is 0 Å². The Hall–Kier alpha value is -0.940. The molecule has 17 heavy (non-hydrogen) atoms. The molecular formula is C12H22N4S. The van der Waals surface area contributed by atoms with Gasteiger partial charge in [-0.2, -0.15) is 0 Å². The number of hydrogen-bond acceptors (Lipinski definition) is 4. The maximum Gasteiger partial charge on any atom is 0.107 e. The van der Waals surface area contributed by atoms with E-state index in [2.05, 4.69) is 23.7 Å². The van der Waals surface area contributed by atoms with E-state index in [0.717, 1.165) is 30.3 Å². The number of thiazole rings is 1. The number of nitrogens with two attached hydrogens (primary N) is 1. The Balaban J connectivity index is 2.60. The number of nitrogens with one attached hydrogen (secondary N) is 1. The molecule has 1 unspecified atom stereocenters. The van der Waals surface area contributed by atoms with Gasteiger partial charge in [0.15, 0.2) is 0 Å². The maximum absolute atomic E-state index is 7.42. The van der Waals surface area contributed by atoms with Crippen molar-refractivity contribution in [1.82, 2.24) is 9.88 Å². The Bertz CT molecular complexity index is 366. The van der Waals surface area contributed by atoms with Gasteiger partial charge in [0.1, 0.15) is 5.01 Å². The number of nitrogens with zero attached hydrogens (tertiary/aromatic N) is 2. The summed E-state index contributed by atoms with van der Waals surface area (Å²) in [7, 11) is 0. The van der Waals surface area contributed by atoms with Crippen molar-refractivity contribution in [2.45, 2.75) is 34.2 Å². The number of aromatic nitrogens is 1. The topological polar surface area (TPSA) is 66.0 Å². The lowest BCUT2D eigenvalue weighted by Gasteiger charge is -2.22. The molecule has 1 atom stereocenters. The SMILES string of the molecule is CCN(Cc1nc(C)c(C)s1)CC(C)C(=N)N. The van der Waals surface area contributed by atoms with Crippen LogP contribution in [0.5, 0.6) is 0 Å². The molecule has 1 aromatic rings. The average molecular weight is 254 g/mol. The van der Waals surface area contributed by atoms with E-state index in [1.807, 2.05) is 13.8 Å². The minimum atomic E-state index is 0.108. The monoisotopic (exact) mass is 254 g/mol. The second-order valence-corrected chi connectivity index (χ2v) is 5.72. The number of rotatable bonds is 6. The molecule has 0 saturated carbocycles. The van der Waals surface area contributed by atoms with E-state index in [-0.39, 0.29) is 11.8 Å². The highest BCUT2D eigenvalue weighted by molar-refractivity contribution is 7.11. The molecule has 5 heteroatoms. The van der Waals surface area contributed by atoms with Crippen LogP contribution in [0.4, 0.5) is 0 Å². The number of hydrogen-bond donors (Lipinski definition) is 2. The van der Waals surface area contributed by atoms with Gasteiger partial charge < -0.3 is 5.73 Å². The Morgan fingerprint density at radius 2 is 2.18 bits per heavy atom. The van der Waals surface area contributed by atoms with Crippen molar-refractivity contribution in [3.8, 4) is 0 Å². The van der Waals surface area contributed by atoms with E-state index in [0.29, 0.717) is 0 Å². The smallest absolute Gasteiger partial charge is 0.107 e. The fraction of sp³-hybridized carbons (Fsp3) is 0.667.